The van der Waals surface area contributed by atoms with E-state index in [0.717, 1.165) is 11.3 Å². The van der Waals surface area contributed by atoms with Crippen LogP contribution in [0.1, 0.15) is 28.1 Å². The first-order chi connectivity index (χ1) is 9.78. The smallest absolute Gasteiger partial charge is 0.345 e. The Hall–Kier alpha value is -1.41. The molecule has 9 heteroatoms. The molecule has 1 aromatic heterocycles. The van der Waals surface area contributed by atoms with Crippen molar-refractivity contribution in [1.82, 2.24) is 10.2 Å². The number of nitrogens with zero attached hydrogens (tertiary/aromatic N) is 1. The van der Waals surface area contributed by atoms with Crippen LogP contribution in [0.5, 0.6) is 0 Å². The average Bonchev–Trinajstić information content (AvgIpc) is 2.77. The normalized spacial score (nSPS) is 17.6. The van der Waals surface area contributed by atoms with E-state index in [2.05, 4.69) is 5.32 Å². The van der Waals surface area contributed by atoms with Crippen LogP contribution in [0, 0.1) is 0 Å². The van der Waals surface area contributed by atoms with E-state index in [-0.39, 0.29) is 41.7 Å². The molecule has 2 amide bonds. The number of carbonyl (C=O) groups is 2. The molecule has 1 aromatic rings. The van der Waals surface area contributed by atoms with Crippen LogP contribution in [-0.4, -0.2) is 41.0 Å². The van der Waals surface area contributed by atoms with Crippen molar-refractivity contribution in [3.8, 4) is 0 Å². The maximum absolute atomic E-state index is 13.0. The lowest BCUT2D eigenvalue weighted by Crippen LogP contribution is -2.47. The van der Waals surface area contributed by atoms with Gasteiger partial charge in [-0.3, -0.25) is 0 Å². The summed E-state index contributed by atoms with van der Waals surface area (Å²) in [6, 6.07) is 0.935. The average molecular weight is 339 g/mol. The number of hydrogen-bond donors (Lipinski definition) is 2. The van der Waals surface area contributed by atoms with Crippen molar-refractivity contribution in [2.75, 3.05) is 13.1 Å². The maximum atomic E-state index is 13.0. The third-order valence-electron chi connectivity index (χ3n) is 3.18. The van der Waals surface area contributed by atoms with Gasteiger partial charge in [-0.05, 0) is 6.07 Å². The summed E-state index contributed by atoms with van der Waals surface area (Å²) in [6.07, 6.45) is -0.689. The molecular formula is C12H13ClF2N2O3S. The quantitative estimate of drug-likeness (QED) is 0.890. The fraction of sp³-hybridized carbons (Fsp3) is 0.500. The molecule has 0 aliphatic carbocycles. The summed E-state index contributed by atoms with van der Waals surface area (Å²) in [5.41, 5.74) is 0.495. The third kappa shape index (κ3) is 4.04. The Balaban J connectivity index is 1.88. The van der Waals surface area contributed by atoms with E-state index in [1.54, 1.807) is 0 Å². The number of alkyl halides is 2. The highest BCUT2D eigenvalue weighted by Crippen LogP contribution is 2.29. The standard InChI is InChI=1S/C12H13ClF2N2O3S/c13-9-7(5-8(21-9)10(18)19)6-16-11(20)17-3-1-12(14,15)2-4-17/h5H,1-4,6H2,(H,16,20)(H,18,19). The topological polar surface area (TPSA) is 69.6 Å². The number of urea groups is 1. The van der Waals surface area contributed by atoms with Gasteiger partial charge in [0.05, 0.1) is 4.34 Å². The number of amides is 2. The molecule has 0 bridgehead atoms. The minimum Gasteiger partial charge on any atom is -0.477 e. The number of likely N-dealkylation sites (tertiary alicyclic amines) is 1. The van der Waals surface area contributed by atoms with Gasteiger partial charge in [-0.1, -0.05) is 11.6 Å². The van der Waals surface area contributed by atoms with E-state index in [9.17, 15) is 18.4 Å². The van der Waals surface area contributed by atoms with Crippen LogP contribution in [0.2, 0.25) is 4.34 Å². The summed E-state index contributed by atoms with van der Waals surface area (Å²) in [5.74, 6) is -3.79. The van der Waals surface area contributed by atoms with Gasteiger partial charge < -0.3 is 15.3 Å². The predicted molar refractivity (Wildman–Crippen MR) is 74.3 cm³/mol. The van der Waals surface area contributed by atoms with E-state index in [0.29, 0.717) is 5.56 Å². The summed E-state index contributed by atoms with van der Waals surface area (Å²) >= 11 is 6.80. The molecule has 1 aliphatic heterocycles. The highest BCUT2D eigenvalue weighted by atomic mass is 35.5. The van der Waals surface area contributed by atoms with Crippen molar-refractivity contribution in [1.29, 1.82) is 0 Å². The fourth-order valence-corrected chi connectivity index (χ4v) is 3.07. The van der Waals surface area contributed by atoms with Crippen molar-refractivity contribution in [2.45, 2.75) is 25.3 Å². The highest BCUT2D eigenvalue weighted by molar-refractivity contribution is 7.18. The van der Waals surface area contributed by atoms with Crippen LogP contribution in [-0.2, 0) is 6.54 Å². The zero-order valence-electron chi connectivity index (χ0n) is 10.9. The Kier molecular flexibility index (Phi) is 4.67. The minimum absolute atomic E-state index is 0.00339. The first-order valence-electron chi connectivity index (χ1n) is 6.20. The molecule has 1 aliphatic rings. The molecule has 5 nitrogen and oxygen atoms in total. The number of carboxylic acid groups (broad SMARTS) is 1. The summed E-state index contributed by atoms with van der Waals surface area (Å²) < 4.78 is 26.3. The third-order valence-corrected chi connectivity index (χ3v) is 4.61. The van der Waals surface area contributed by atoms with Gasteiger partial charge in [-0.25, -0.2) is 18.4 Å². The van der Waals surface area contributed by atoms with Crippen LogP contribution >= 0.6 is 22.9 Å². The molecular weight excluding hydrogens is 326 g/mol. The summed E-state index contributed by atoms with van der Waals surface area (Å²) in [6.45, 7) is 0.0570. The van der Waals surface area contributed by atoms with E-state index in [1.807, 2.05) is 0 Å². The lowest BCUT2D eigenvalue weighted by molar-refractivity contribution is -0.0469. The zero-order valence-corrected chi connectivity index (χ0v) is 12.4. The second-order valence-corrected chi connectivity index (χ2v) is 6.37. The van der Waals surface area contributed by atoms with Crippen molar-refractivity contribution in [3.63, 3.8) is 0 Å². The molecule has 2 N–H and O–H groups in total. The number of halogens is 3. The zero-order chi connectivity index (χ0) is 15.6. The van der Waals surface area contributed by atoms with Crippen molar-refractivity contribution >= 4 is 34.9 Å². The number of piperidine rings is 1. The largest absolute Gasteiger partial charge is 0.477 e. The molecule has 116 valence electrons. The predicted octanol–water partition coefficient (Wildman–Crippen LogP) is 3.04. The first kappa shape index (κ1) is 16.0. The minimum atomic E-state index is -2.70. The van der Waals surface area contributed by atoms with Gasteiger partial charge in [0.15, 0.2) is 0 Å². The Labute approximate surface area is 128 Å². The molecule has 0 aromatic carbocycles. The summed E-state index contributed by atoms with van der Waals surface area (Å²) in [5, 5.41) is 11.4. The number of rotatable bonds is 3. The van der Waals surface area contributed by atoms with E-state index >= 15 is 0 Å². The van der Waals surface area contributed by atoms with Crippen molar-refractivity contribution in [3.05, 3.63) is 20.8 Å². The van der Waals surface area contributed by atoms with Crippen LogP contribution in [0.3, 0.4) is 0 Å². The Morgan fingerprint density at radius 1 is 1.43 bits per heavy atom. The fourth-order valence-electron chi connectivity index (χ4n) is 1.95. The van der Waals surface area contributed by atoms with Gasteiger partial charge in [-0.2, -0.15) is 0 Å². The van der Waals surface area contributed by atoms with Crippen LogP contribution in [0.4, 0.5) is 13.6 Å². The van der Waals surface area contributed by atoms with Crippen LogP contribution in [0.25, 0.3) is 0 Å². The van der Waals surface area contributed by atoms with Gasteiger partial charge in [0.25, 0.3) is 5.92 Å². The van der Waals surface area contributed by atoms with Gasteiger partial charge in [0.1, 0.15) is 4.88 Å². The highest BCUT2D eigenvalue weighted by Gasteiger charge is 2.35. The second kappa shape index (κ2) is 6.15. The Morgan fingerprint density at radius 3 is 2.57 bits per heavy atom. The molecule has 0 atom stereocenters. The van der Waals surface area contributed by atoms with E-state index < -0.39 is 17.9 Å². The molecule has 0 spiro atoms. The molecule has 0 saturated carbocycles. The number of hydrogen-bond acceptors (Lipinski definition) is 3. The van der Waals surface area contributed by atoms with Gasteiger partial charge >= 0.3 is 12.0 Å². The molecule has 0 unspecified atom stereocenters. The maximum Gasteiger partial charge on any atom is 0.345 e. The second-order valence-electron chi connectivity index (χ2n) is 4.72. The van der Waals surface area contributed by atoms with Crippen molar-refractivity contribution < 1.29 is 23.5 Å². The summed E-state index contributed by atoms with van der Waals surface area (Å²) in [4.78, 5) is 24.0. The Bertz CT molecular complexity index is 555. The van der Waals surface area contributed by atoms with Gasteiger partial charge in [0.2, 0.25) is 0 Å². The number of aromatic carboxylic acids is 1. The Morgan fingerprint density at radius 2 is 2.05 bits per heavy atom. The SMILES string of the molecule is O=C(O)c1cc(CNC(=O)N2CCC(F)(F)CC2)c(Cl)s1. The molecule has 0 radical (unpaired) electrons. The number of carboxylic acids is 1. The van der Waals surface area contributed by atoms with Gasteiger partial charge in [0, 0.05) is 38.0 Å². The molecule has 2 rings (SSSR count). The molecule has 1 saturated heterocycles. The van der Waals surface area contributed by atoms with Crippen molar-refractivity contribution in [2.24, 2.45) is 0 Å². The monoisotopic (exact) mass is 338 g/mol. The van der Waals surface area contributed by atoms with Crippen LogP contribution < -0.4 is 5.32 Å². The number of thiophene rings is 1. The van der Waals surface area contributed by atoms with E-state index in [4.69, 9.17) is 16.7 Å². The lowest BCUT2D eigenvalue weighted by atomic mass is 10.1. The van der Waals surface area contributed by atoms with Crippen LogP contribution in [0.15, 0.2) is 6.07 Å². The molecule has 1 fully saturated rings. The molecule has 21 heavy (non-hydrogen) atoms. The first-order valence-corrected chi connectivity index (χ1v) is 7.40. The summed E-state index contributed by atoms with van der Waals surface area (Å²) in [7, 11) is 0. The van der Waals surface area contributed by atoms with Gasteiger partial charge in [-0.15, -0.1) is 11.3 Å². The molecule has 2 heterocycles. The van der Waals surface area contributed by atoms with E-state index in [1.165, 1.54) is 11.0 Å². The number of carbonyl (C=O) groups excluding carboxylic acids is 1. The lowest BCUT2D eigenvalue weighted by Gasteiger charge is -2.31. The number of nitrogens with one attached hydrogen (secondary N) is 1.